The van der Waals surface area contributed by atoms with Crippen LogP contribution in [0.15, 0.2) is 87.7 Å². The smallest absolute Gasteiger partial charge is 0.254 e. The van der Waals surface area contributed by atoms with E-state index in [-0.39, 0.29) is 17.6 Å². The van der Waals surface area contributed by atoms with Crippen LogP contribution >= 0.6 is 23.1 Å². The maximum Gasteiger partial charge on any atom is 0.254 e. The quantitative estimate of drug-likeness (QED) is 0.329. The van der Waals surface area contributed by atoms with Gasteiger partial charge < -0.3 is 10.6 Å². The van der Waals surface area contributed by atoms with Crippen molar-refractivity contribution in [2.75, 3.05) is 11.1 Å². The number of benzene rings is 1. The summed E-state index contributed by atoms with van der Waals surface area (Å²) >= 11 is 3.57. The number of thioether (sulfide) groups is 1. The van der Waals surface area contributed by atoms with E-state index in [2.05, 4.69) is 47.7 Å². The van der Waals surface area contributed by atoms with Crippen LogP contribution in [0.1, 0.15) is 61.5 Å². The zero-order valence-electron chi connectivity index (χ0n) is 21.3. The second-order valence-electron chi connectivity index (χ2n) is 9.37. The predicted octanol–water partition coefficient (Wildman–Crippen LogP) is 6.82. The maximum atomic E-state index is 13.9. The summed E-state index contributed by atoms with van der Waals surface area (Å²) in [6, 6.07) is 16.1. The number of nitrogens with one attached hydrogen (secondary N) is 2. The van der Waals surface area contributed by atoms with Crippen LogP contribution in [-0.4, -0.2) is 22.4 Å². The first kappa shape index (κ1) is 25.5. The summed E-state index contributed by atoms with van der Waals surface area (Å²) in [5.41, 5.74) is 5.97. The third kappa shape index (κ3) is 5.15. The van der Waals surface area contributed by atoms with Gasteiger partial charge in [-0.15, -0.1) is 23.1 Å². The van der Waals surface area contributed by atoms with Gasteiger partial charge in [0, 0.05) is 46.0 Å². The Labute approximate surface area is 226 Å². The first-order chi connectivity index (χ1) is 18.0. The number of anilines is 1. The van der Waals surface area contributed by atoms with Crippen LogP contribution in [-0.2, 0) is 16.0 Å². The van der Waals surface area contributed by atoms with Crippen molar-refractivity contribution in [2.24, 2.45) is 0 Å². The molecule has 1 aromatic carbocycles. The Hall–Kier alpha value is -3.16. The average Bonchev–Trinajstić information content (AvgIpc) is 3.31. The number of carbonyl (C=O) groups is 2. The lowest BCUT2D eigenvalue weighted by Crippen LogP contribution is -2.37. The van der Waals surface area contributed by atoms with E-state index >= 15 is 0 Å². The Morgan fingerprint density at radius 3 is 2.68 bits per heavy atom. The molecule has 0 bridgehead atoms. The molecule has 2 atom stereocenters. The molecule has 0 spiro atoms. The molecule has 0 saturated carbocycles. The van der Waals surface area contributed by atoms with Gasteiger partial charge in [0.1, 0.15) is 0 Å². The lowest BCUT2D eigenvalue weighted by atomic mass is 9.72. The first-order valence-corrected chi connectivity index (χ1v) is 14.6. The average molecular weight is 530 g/mol. The topological polar surface area (TPSA) is 71.1 Å². The number of pyridine rings is 1. The van der Waals surface area contributed by atoms with Crippen molar-refractivity contribution in [1.29, 1.82) is 0 Å². The molecule has 2 unspecified atom stereocenters. The van der Waals surface area contributed by atoms with Gasteiger partial charge in [0.2, 0.25) is 0 Å². The third-order valence-electron chi connectivity index (χ3n) is 6.97. The van der Waals surface area contributed by atoms with E-state index in [4.69, 9.17) is 0 Å². The monoisotopic (exact) mass is 529 g/mol. The van der Waals surface area contributed by atoms with Crippen LogP contribution in [0.5, 0.6) is 0 Å². The second-order valence-corrected chi connectivity index (χ2v) is 12.0. The fraction of sp³-hybridized carbons (Fsp3) is 0.300. The molecule has 3 aromatic rings. The van der Waals surface area contributed by atoms with Crippen LogP contribution < -0.4 is 10.6 Å². The van der Waals surface area contributed by atoms with Gasteiger partial charge in [-0.05, 0) is 60.8 Å². The highest BCUT2D eigenvalue weighted by atomic mass is 32.2. The normalized spacial score (nSPS) is 19.5. The maximum absolute atomic E-state index is 13.9. The van der Waals surface area contributed by atoms with E-state index in [9.17, 15) is 9.59 Å². The van der Waals surface area contributed by atoms with E-state index in [1.807, 2.05) is 31.2 Å². The van der Waals surface area contributed by atoms with Crippen LogP contribution in [0.4, 0.5) is 5.69 Å². The standard InChI is InChI=1S/C30H31N3O2S2/c1-4-22-16-23(30(37-22)36-5-2)27-26(29(35)33-21-12-9-13-31-17-21)18(3)32-24-14-20(15-25(34)28(24)27)19-10-7-6-8-11-19/h6-13,16-17,20,27,32H,4-5,14-15H2,1-3H3,(H,33,35). The van der Waals surface area contributed by atoms with Gasteiger partial charge in [-0.2, -0.15) is 0 Å². The number of rotatable bonds is 7. The van der Waals surface area contributed by atoms with Crippen molar-refractivity contribution in [1.82, 2.24) is 10.3 Å². The Morgan fingerprint density at radius 2 is 1.97 bits per heavy atom. The molecular formula is C30H31N3O2S2. The molecule has 190 valence electrons. The van der Waals surface area contributed by atoms with E-state index in [1.165, 1.54) is 14.6 Å². The number of hydrogen-bond acceptors (Lipinski definition) is 6. The van der Waals surface area contributed by atoms with E-state index in [0.29, 0.717) is 17.7 Å². The molecule has 1 aliphatic heterocycles. The Morgan fingerprint density at radius 1 is 1.16 bits per heavy atom. The highest BCUT2D eigenvalue weighted by Crippen LogP contribution is 2.49. The minimum absolute atomic E-state index is 0.114. The fourth-order valence-corrected chi connectivity index (χ4v) is 7.69. The predicted molar refractivity (Wildman–Crippen MR) is 152 cm³/mol. The molecular weight excluding hydrogens is 498 g/mol. The van der Waals surface area contributed by atoms with Gasteiger partial charge in [-0.3, -0.25) is 14.6 Å². The Bertz CT molecular complexity index is 1380. The van der Waals surface area contributed by atoms with Crippen LogP contribution in [0.3, 0.4) is 0 Å². The van der Waals surface area contributed by atoms with Gasteiger partial charge in [-0.1, -0.05) is 44.2 Å². The molecule has 5 rings (SSSR count). The molecule has 0 fully saturated rings. The zero-order valence-corrected chi connectivity index (χ0v) is 23.0. The number of Topliss-reactive ketones (excluding diaryl/α,β-unsaturated/α-hetero) is 1. The van der Waals surface area contributed by atoms with Crippen molar-refractivity contribution in [2.45, 2.75) is 56.1 Å². The van der Waals surface area contributed by atoms with E-state index in [0.717, 1.165) is 41.1 Å². The summed E-state index contributed by atoms with van der Waals surface area (Å²) < 4.78 is 1.19. The molecule has 2 N–H and O–H groups in total. The van der Waals surface area contributed by atoms with Gasteiger partial charge in [0.05, 0.1) is 16.1 Å². The number of hydrogen-bond donors (Lipinski definition) is 2. The van der Waals surface area contributed by atoms with Gasteiger partial charge >= 0.3 is 0 Å². The molecule has 37 heavy (non-hydrogen) atoms. The molecule has 0 saturated heterocycles. The van der Waals surface area contributed by atoms with Crippen LogP contribution in [0, 0.1) is 0 Å². The molecule has 2 aromatic heterocycles. The number of dihydropyridines is 1. The number of ketones is 1. The number of aryl methyl sites for hydroxylation is 1. The van der Waals surface area contributed by atoms with E-state index in [1.54, 1.807) is 41.6 Å². The van der Waals surface area contributed by atoms with Crippen molar-refractivity contribution in [3.05, 3.63) is 99.5 Å². The van der Waals surface area contributed by atoms with Crippen molar-refractivity contribution < 1.29 is 9.59 Å². The fourth-order valence-electron chi connectivity index (χ4n) is 5.31. The SMILES string of the molecule is CCSc1sc(CC)cc1C1C(C(=O)Nc2cccnc2)=C(C)NC2=C1C(=O)CC(c1ccccc1)C2. The summed E-state index contributed by atoms with van der Waals surface area (Å²) in [6.45, 7) is 6.24. The highest BCUT2D eigenvalue weighted by Gasteiger charge is 2.42. The second kappa shape index (κ2) is 11.1. The molecule has 1 aliphatic carbocycles. The van der Waals surface area contributed by atoms with Gasteiger partial charge in [-0.25, -0.2) is 0 Å². The summed E-state index contributed by atoms with van der Waals surface area (Å²) in [7, 11) is 0. The van der Waals surface area contributed by atoms with E-state index < -0.39 is 5.92 Å². The van der Waals surface area contributed by atoms with Crippen LogP contribution in [0.25, 0.3) is 0 Å². The first-order valence-electron chi connectivity index (χ1n) is 12.8. The Kier molecular flexibility index (Phi) is 7.63. The summed E-state index contributed by atoms with van der Waals surface area (Å²) in [4.78, 5) is 33.1. The van der Waals surface area contributed by atoms with Crippen molar-refractivity contribution in [3.8, 4) is 0 Å². The lowest BCUT2D eigenvalue weighted by Gasteiger charge is -2.37. The molecule has 3 heterocycles. The number of nitrogens with zero attached hydrogens (tertiary/aromatic N) is 1. The molecule has 1 amide bonds. The number of aromatic nitrogens is 1. The van der Waals surface area contributed by atoms with Crippen LogP contribution in [0.2, 0.25) is 0 Å². The number of carbonyl (C=O) groups excluding carboxylic acids is 2. The molecule has 5 nitrogen and oxygen atoms in total. The Balaban J connectivity index is 1.61. The number of thiophene rings is 1. The molecule has 7 heteroatoms. The number of amides is 1. The summed E-state index contributed by atoms with van der Waals surface area (Å²) in [5.74, 6) is 0.560. The largest absolute Gasteiger partial charge is 0.362 e. The minimum atomic E-state index is -0.400. The number of allylic oxidation sites excluding steroid dienone is 3. The summed E-state index contributed by atoms with van der Waals surface area (Å²) in [6.07, 6.45) is 5.43. The summed E-state index contributed by atoms with van der Waals surface area (Å²) in [5, 5.41) is 6.52. The van der Waals surface area contributed by atoms with Gasteiger partial charge in [0.15, 0.2) is 5.78 Å². The minimum Gasteiger partial charge on any atom is -0.362 e. The third-order valence-corrected chi connectivity index (χ3v) is 9.45. The highest BCUT2D eigenvalue weighted by molar-refractivity contribution is 8.01. The molecule has 0 radical (unpaired) electrons. The van der Waals surface area contributed by atoms with Gasteiger partial charge in [0.25, 0.3) is 5.91 Å². The lowest BCUT2D eigenvalue weighted by molar-refractivity contribution is -0.116. The van der Waals surface area contributed by atoms with Crippen molar-refractivity contribution >= 4 is 40.5 Å². The zero-order chi connectivity index (χ0) is 25.9. The molecule has 2 aliphatic rings. The van der Waals surface area contributed by atoms with Crippen molar-refractivity contribution in [3.63, 3.8) is 0 Å².